The Labute approximate surface area is 123 Å². The van der Waals surface area contributed by atoms with Crippen LogP contribution in [-0.4, -0.2) is 52.1 Å². The van der Waals surface area contributed by atoms with Crippen LogP contribution in [0.5, 0.6) is 0 Å². The number of aromatic nitrogens is 2. The van der Waals surface area contributed by atoms with E-state index in [1.165, 1.54) is 0 Å². The first-order valence-electron chi connectivity index (χ1n) is 6.78. The van der Waals surface area contributed by atoms with Crippen LogP contribution >= 0.6 is 11.8 Å². The minimum Gasteiger partial charge on any atom is -0.462 e. The highest BCUT2D eigenvalue weighted by molar-refractivity contribution is 7.99. The molecule has 7 heteroatoms. The number of carbonyl (C=O) groups excluding carboxylic acids is 1. The van der Waals surface area contributed by atoms with Gasteiger partial charge in [0.25, 0.3) is 0 Å². The van der Waals surface area contributed by atoms with Crippen LogP contribution in [0.4, 0.5) is 0 Å². The molecule has 0 aliphatic carbocycles. The zero-order chi connectivity index (χ0) is 14.8. The highest BCUT2D eigenvalue weighted by Gasteiger charge is 2.16. The molecule has 114 valence electrons. The average Bonchev–Trinajstić information content (AvgIpc) is 2.79. The van der Waals surface area contributed by atoms with Crippen LogP contribution in [0.3, 0.4) is 0 Å². The van der Waals surface area contributed by atoms with E-state index in [1.807, 2.05) is 7.05 Å². The first-order valence-corrected chi connectivity index (χ1v) is 7.93. The predicted molar refractivity (Wildman–Crippen MR) is 79.9 cm³/mol. The maximum Gasteiger partial charge on any atom is 0.341 e. The third kappa shape index (κ3) is 5.52. The average molecular weight is 301 g/mol. The molecule has 0 aliphatic heterocycles. The molecule has 0 atom stereocenters. The van der Waals surface area contributed by atoms with Gasteiger partial charge in [-0.2, -0.15) is 16.9 Å². The van der Waals surface area contributed by atoms with Crippen LogP contribution in [0.2, 0.25) is 0 Å². The summed E-state index contributed by atoms with van der Waals surface area (Å²) in [6, 6.07) is 0. The third-order valence-corrected chi connectivity index (χ3v) is 3.79. The van der Waals surface area contributed by atoms with Gasteiger partial charge in [0.05, 0.1) is 18.5 Å². The first-order chi connectivity index (χ1) is 9.70. The highest BCUT2D eigenvalue weighted by atomic mass is 32.2. The number of nitrogens with one attached hydrogen (secondary N) is 1. The van der Waals surface area contributed by atoms with E-state index in [0.717, 1.165) is 30.2 Å². The maximum absolute atomic E-state index is 11.8. The fourth-order valence-corrected chi connectivity index (χ4v) is 2.50. The fourth-order valence-electron chi connectivity index (χ4n) is 1.67. The van der Waals surface area contributed by atoms with Crippen LogP contribution in [0.1, 0.15) is 29.4 Å². The van der Waals surface area contributed by atoms with Gasteiger partial charge in [0, 0.05) is 32.5 Å². The maximum atomic E-state index is 11.8. The molecule has 0 amide bonds. The molecule has 0 spiro atoms. The molecule has 20 heavy (non-hydrogen) atoms. The van der Waals surface area contributed by atoms with Gasteiger partial charge >= 0.3 is 5.97 Å². The van der Waals surface area contributed by atoms with E-state index in [1.54, 1.807) is 29.6 Å². The zero-order valence-corrected chi connectivity index (χ0v) is 12.9. The van der Waals surface area contributed by atoms with Gasteiger partial charge in [0.1, 0.15) is 5.56 Å². The normalized spacial score (nSPS) is 10.8. The number of aliphatic hydroxyl groups excluding tert-OH is 1. The molecule has 0 saturated heterocycles. The van der Waals surface area contributed by atoms with Crippen LogP contribution in [0.15, 0.2) is 6.20 Å². The molecule has 0 unspecified atom stereocenters. The van der Waals surface area contributed by atoms with Crippen molar-refractivity contribution >= 4 is 17.7 Å². The molecule has 0 saturated carbocycles. The van der Waals surface area contributed by atoms with E-state index in [-0.39, 0.29) is 12.6 Å². The summed E-state index contributed by atoms with van der Waals surface area (Å²) >= 11 is 1.80. The number of ether oxygens (including phenoxy) is 1. The SMILES string of the molecule is CCOC(=O)c1cnn(C)c1CNCCSCCCO. The van der Waals surface area contributed by atoms with Crippen molar-refractivity contribution in [3.63, 3.8) is 0 Å². The Hall–Kier alpha value is -1.05. The van der Waals surface area contributed by atoms with Gasteiger partial charge < -0.3 is 15.2 Å². The summed E-state index contributed by atoms with van der Waals surface area (Å²) in [6.45, 7) is 3.84. The molecule has 0 aromatic carbocycles. The molecule has 0 aliphatic rings. The summed E-state index contributed by atoms with van der Waals surface area (Å²) in [5.41, 5.74) is 1.36. The Bertz CT molecular complexity index is 410. The van der Waals surface area contributed by atoms with Crippen LogP contribution in [-0.2, 0) is 18.3 Å². The number of hydrogen-bond acceptors (Lipinski definition) is 6. The quantitative estimate of drug-likeness (QED) is 0.492. The van der Waals surface area contributed by atoms with Crippen molar-refractivity contribution in [1.82, 2.24) is 15.1 Å². The number of rotatable bonds is 10. The molecule has 1 aromatic heterocycles. The van der Waals surface area contributed by atoms with Gasteiger partial charge in [0.2, 0.25) is 0 Å². The van der Waals surface area contributed by atoms with E-state index in [0.29, 0.717) is 18.7 Å². The summed E-state index contributed by atoms with van der Waals surface area (Å²) in [5.74, 6) is 1.62. The topological polar surface area (TPSA) is 76.4 Å². The lowest BCUT2D eigenvalue weighted by Gasteiger charge is -2.07. The van der Waals surface area contributed by atoms with E-state index < -0.39 is 0 Å². The lowest BCUT2D eigenvalue weighted by molar-refractivity contribution is 0.0524. The second-order valence-electron chi connectivity index (χ2n) is 4.22. The smallest absolute Gasteiger partial charge is 0.341 e. The van der Waals surface area contributed by atoms with Gasteiger partial charge in [-0.05, 0) is 19.1 Å². The van der Waals surface area contributed by atoms with Crippen molar-refractivity contribution in [2.75, 3.05) is 31.3 Å². The van der Waals surface area contributed by atoms with Crippen molar-refractivity contribution in [3.8, 4) is 0 Å². The molecule has 0 fully saturated rings. The Balaban J connectivity index is 2.36. The first kappa shape index (κ1) is 17.0. The Kier molecular flexibility index (Phi) is 8.32. The molecule has 1 rings (SSSR count). The summed E-state index contributed by atoms with van der Waals surface area (Å²) in [7, 11) is 1.82. The number of esters is 1. The zero-order valence-electron chi connectivity index (χ0n) is 12.1. The molecule has 0 bridgehead atoms. The van der Waals surface area contributed by atoms with E-state index in [4.69, 9.17) is 9.84 Å². The number of aliphatic hydroxyl groups is 1. The predicted octanol–water partition coefficient (Wildman–Crippen LogP) is 0.802. The summed E-state index contributed by atoms with van der Waals surface area (Å²) in [5, 5.41) is 16.1. The van der Waals surface area contributed by atoms with Gasteiger partial charge in [-0.3, -0.25) is 4.68 Å². The van der Waals surface area contributed by atoms with Gasteiger partial charge in [-0.1, -0.05) is 0 Å². The van der Waals surface area contributed by atoms with Gasteiger partial charge in [0.15, 0.2) is 0 Å². The number of hydrogen-bond donors (Lipinski definition) is 2. The van der Waals surface area contributed by atoms with Crippen molar-refractivity contribution in [3.05, 3.63) is 17.5 Å². The molecular weight excluding hydrogens is 278 g/mol. The Morgan fingerprint density at radius 1 is 1.55 bits per heavy atom. The number of carbonyl (C=O) groups is 1. The Morgan fingerprint density at radius 2 is 2.35 bits per heavy atom. The van der Waals surface area contributed by atoms with Crippen molar-refractivity contribution < 1.29 is 14.6 Å². The fraction of sp³-hybridized carbons (Fsp3) is 0.692. The van der Waals surface area contributed by atoms with Crippen LogP contribution < -0.4 is 5.32 Å². The summed E-state index contributed by atoms with van der Waals surface area (Å²) in [6.07, 6.45) is 2.38. The molecule has 1 aromatic rings. The Morgan fingerprint density at radius 3 is 3.05 bits per heavy atom. The summed E-state index contributed by atoms with van der Waals surface area (Å²) in [4.78, 5) is 11.8. The number of nitrogens with zero attached hydrogens (tertiary/aromatic N) is 2. The highest BCUT2D eigenvalue weighted by Crippen LogP contribution is 2.09. The van der Waals surface area contributed by atoms with Crippen molar-refractivity contribution in [1.29, 1.82) is 0 Å². The molecular formula is C13H23N3O3S. The lowest BCUT2D eigenvalue weighted by atomic mass is 10.2. The largest absolute Gasteiger partial charge is 0.462 e. The number of thioether (sulfide) groups is 1. The van der Waals surface area contributed by atoms with E-state index in [2.05, 4.69) is 10.4 Å². The minimum absolute atomic E-state index is 0.248. The standard InChI is InChI=1S/C13H23N3O3S/c1-3-19-13(18)11-9-15-16(2)12(11)10-14-5-8-20-7-4-6-17/h9,14,17H,3-8,10H2,1-2H3. The third-order valence-electron chi connectivity index (χ3n) is 2.72. The van der Waals surface area contributed by atoms with Gasteiger partial charge in [-0.25, -0.2) is 4.79 Å². The number of aryl methyl sites for hydroxylation is 1. The van der Waals surface area contributed by atoms with Crippen LogP contribution in [0.25, 0.3) is 0 Å². The second kappa shape index (κ2) is 9.79. The van der Waals surface area contributed by atoms with Crippen molar-refractivity contribution in [2.24, 2.45) is 7.05 Å². The molecule has 1 heterocycles. The molecule has 2 N–H and O–H groups in total. The minimum atomic E-state index is -0.324. The second-order valence-corrected chi connectivity index (χ2v) is 5.44. The molecule has 6 nitrogen and oxygen atoms in total. The van der Waals surface area contributed by atoms with Gasteiger partial charge in [-0.15, -0.1) is 0 Å². The summed E-state index contributed by atoms with van der Waals surface area (Å²) < 4.78 is 6.70. The van der Waals surface area contributed by atoms with E-state index >= 15 is 0 Å². The van der Waals surface area contributed by atoms with E-state index in [9.17, 15) is 4.79 Å². The van der Waals surface area contributed by atoms with Crippen molar-refractivity contribution in [2.45, 2.75) is 19.9 Å². The monoisotopic (exact) mass is 301 g/mol. The lowest BCUT2D eigenvalue weighted by Crippen LogP contribution is -2.21. The molecule has 0 radical (unpaired) electrons. The van der Waals surface area contributed by atoms with Crippen LogP contribution in [0, 0.1) is 0 Å².